The number of aromatic nitrogens is 2. The summed E-state index contributed by atoms with van der Waals surface area (Å²) in [4.78, 5) is 21.8. The van der Waals surface area contributed by atoms with E-state index in [1.54, 1.807) is 18.0 Å². The van der Waals surface area contributed by atoms with Gasteiger partial charge in [0.15, 0.2) is 0 Å². The van der Waals surface area contributed by atoms with Crippen molar-refractivity contribution >= 4 is 11.9 Å². The van der Waals surface area contributed by atoms with Crippen LogP contribution in [-0.4, -0.2) is 35.6 Å². The van der Waals surface area contributed by atoms with Crippen molar-refractivity contribution < 1.29 is 9.53 Å². The maximum Gasteiger partial charge on any atom is 0.325 e. The summed E-state index contributed by atoms with van der Waals surface area (Å²) in [7, 11) is 0. The average Bonchev–Trinajstić information content (AvgIpc) is 2.30. The molecule has 0 amide bonds. The molecular formula is C12H19N3O2. The Labute approximate surface area is 102 Å². The quantitative estimate of drug-likeness (QED) is 0.726. The number of esters is 1. The summed E-state index contributed by atoms with van der Waals surface area (Å²) in [6.07, 6.45) is 1.77. The second kappa shape index (κ2) is 6.18. The summed E-state index contributed by atoms with van der Waals surface area (Å²) in [6.45, 7) is 8.89. The zero-order valence-corrected chi connectivity index (χ0v) is 10.9. The van der Waals surface area contributed by atoms with E-state index in [0.29, 0.717) is 19.1 Å². The lowest BCUT2D eigenvalue weighted by Gasteiger charge is -2.20. The Morgan fingerprint density at radius 3 is 2.65 bits per heavy atom. The van der Waals surface area contributed by atoms with E-state index in [1.165, 1.54) is 0 Å². The summed E-state index contributed by atoms with van der Waals surface area (Å²) in [5.41, 5.74) is 1.97. The molecule has 1 heterocycles. The summed E-state index contributed by atoms with van der Waals surface area (Å²) in [5, 5.41) is 0. The third kappa shape index (κ3) is 3.69. The fraction of sp³-hybridized carbons (Fsp3) is 0.583. The van der Waals surface area contributed by atoms with E-state index in [4.69, 9.17) is 4.74 Å². The van der Waals surface area contributed by atoms with Crippen LogP contribution >= 0.6 is 0 Å². The molecule has 0 aliphatic carbocycles. The van der Waals surface area contributed by atoms with Gasteiger partial charge >= 0.3 is 5.97 Å². The van der Waals surface area contributed by atoms with Crippen molar-refractivity contribution in [1.82, 2.24) is 9.97 Å². The number of ether oxygens (including phenoxy) is 1. The highest BCUT2D eigenvalue weighted by atomic mass is 16.5. The first-order chi connectivity index (χ1) is 8.08. The van der Waals surface area contributed by atoms with E-state index in [0.717, 1.165) is 11.3 Å². The second-order valence-corrected chi connectivity index (χ2v) is 3.76. The minimum absolute atomic E-state index is 0.187. The van der Waals surface area contributed by atoms with Crippen LogP contribution in [0.2, 0.25) is 0 Å². The van der Waals surface area contributed by atoms with E-state index in [2.05, 4.69) is 9.97 Å². The van der Waals surface area contributed by atoms with Gasteiger partial charge in [-0.05, 0) is 33.3 Å². The van der Waals surface area contributed by atoms with Crippen LogP contribution in [0.4, 0.5) is 5.95 Å². The maximum atomic E-state index is 11.4. The first-order valence-corrected chi connectivity index (χ1v) is 5.79. The molecule has 5 heteroatoms. The van der Waals surface area contributed by atoms with Gasteiger partial charge in [-0.3, -0.25) is 4.79 Å². The van der Waals surface area contributed by atoms with Gasteiger partial charge in [0, 0.05) is 18.4 Å². The highest BCUT2D eigenvalue weighted by molar-refractivity contribution is 5.74. The Bertz CT molecular complexity index is 393. The number of carbonyl (C=O) groups excluding carboxylic acids is 1. The average molecular weight is 237 g/mol. The number of aryl methyl sites for hydroxylation is 2. The van der Waals surface area contributed by atoms with Crippen LogP contribution in [-0.2, 0) is 9.53 Å². The highest BCUT2D eigenvalue weighted by Crippen LogP contribution is 2.10. The van der Waals surface area contributed by atoms with Gasteiger partial charge in [0.1, 0.15) is 6.54 Å². The first kappa shape index (κ1) is 13.4. The van der Waals surface area contributed by atoms with Gasteiger partial charge < -0.3 is 9.64 Å². The van der Waals surface area contributed by atoms with Crippen molar-refractivity contribution in [2.24, 2.45) is 0 Å². The molecule has 0 fully saturated rings. The number of hydrogen-bond acceptors (Lipinski definition) is 5. The van der Waals surface area contributed by atoms with Crippen molar-refractivity contribution in [2.45, 2.75) is 27.7 Å². The molecule has 1 rings (SSSR count). The van der Waals surface area contributed by atoms with Crippen LogP contribution < -0.4 is 4.90 Å². The third-order valence-electron chi connectivity index (χ3n) is 2.50. The lowest BCUT2D eigenvalue weighted by Crippen LogP contribution is -2.32. The predicted molar refractivity (Wildman–Crippen MR) is 66.0 cm³/mol. The van der Waals surface area contributed by atoms with Crippen LogP contribution in [0.1, 0.15) is 25.1 Å². The summed E-state index contributed by atoms with van der Waals surface area (Å²) < 4.78 is 4.91. The molecule has 5 nitrogen and oxygen atoms in total. The van der Waals surface area contributed by atoms with Crippen LogP contribution in [0.15, 0.2) is 6.20 Å². The van der Waals surface area contributed by atoms with Gasteiger partial charge in [0.25, 0.3) is 0 Å². The molecule has 94 valence electrons. The minimum Gasteiger partial charge on any atom is -0.465 e. The lowest BCUT2D eigenvalue weighted by molar-refractivity contribution is -0.141. The van der Waals surface area contributed by atoms with Gasteiger partial charge in [0.05, 0.1) is 6.61 Å². The normalized spacial score (nSPS) is 10.1. The van der Waals surface area contributed by atoms with Crippen LogP contribution in [0.5, 0.6) is 0 Å². The van der Waals surface area contributed by atoms with Gasteiger partial charge in [-0.25, -0.2) is 9.97 Å². The van der Waals surface area contributed by atoms with Gasteiger partial charge in [-0.1, -0.05) is 0 Å². The van der Waals surface area contributed by atoms with Gasteiger partial charge in [-0.15, -0.1) is 0 Å². The van der Waals surface area contributed by atoms with Crippen LogP contribution in [0, 0.1) is 13.8 Å². The van der Waals surface area contributed by atoms with E-state index >= 15 is 0 Å². The molecule has 0 spiro atoms. The van der Waals surface area contributed by atoms with E-state index in [-0.39, 0.29) is 12.5 Å². The largest absolute Gasteiger partial charge is 0.465 e. The molecular weight excluding hydrogens is 218 g/mol. The highest BCUT2D eigenvalue weighted by Gasteiger charge is 2.13. The number of anilines is 1. The SMILES string of the molecule is CCOC(=O)CN(CC)c1ncc(C)c(C)n1. The maximum absolute atomic E-state index is 11.4. The summed E-state index contributed by atoms with van der Waals surface area (Å²) >= 11 is 0. The molecule has 1 aromatic rings. The molecule has 0 N–H and O–H groups in total. The summed E-state index contributed by atoms with van der Waals surface area (Å²) in [5.74, 6) is 0.319. The van der Waals surface area contributed by atoms with Crippen molar-refractivity contribution in [3.63, 3.8) is 0 Å². The number of hydrogen-bond donors (Lipinski definition) is 0. The number of rotatable bonds is 5. The van der Waals surface area contributed by atoms with E-state index in [9.17, 15) is 4.79 Å². The fourth-order valence-electron chi connectivity index (χ4n) is 1.35. The molecule has 17 heavy (non-hydrogen) atoms. The Balaban J connectivity index is 2.79. The molecule has 0 unspecified atom stereocenters. The Morgan fingerprint density at radius 2 is 2.12 bits per heavy atom. The standard InChI is InChI=1S/C12H19N3O2/c1-5-15(8-11(16)17-6-2)12-13-7-9(3)10(4)14-12/h7H,5-6,8H2,1-4H3. The molecule has 0 radical (unpaired) electrons. The monoisotopic (exact) mass is 237 g/mol. The molecule has 0 aromatic carbocycles. The third-order valence-corrected chi connectivity index (χ3v) is 2.50. The predicted octanol–water partition coefficient (Wildman–Crippen LogP) is 1.48. The zero-order valence-electron chi connectivity index (χ0n) is 10.9. The molecule has 1 aromatic heterocycles. The van der Waals surface area contributed by atoms with E-state index in [1.807, 2.05) is 20.8 Å². The van der Waals surface area contributed by atoms with Gasteiger partial charge in [-0.2, -0.15) is 0 Å². The molecule has 0 atom stereocenters. The molecule has 0 bridgehead atoms. The molecule has 0 saturated heterocycles. The van der Waals surface area contributed by atoms with Crippen LogP contribution in [0.25, 0.3) is 0 Å². The second-order valence-electron chi connectivity index (χ2n) is 3.76. The first-order valence-electron chi connectivity index (χ1n) is 5.79. The fourth-order valence-corrected chi connectivity index (χ4v) is 1.35. The molecule has 0 saturated carbocycles. The zero-order chi connectivity index (χ0) is 12.8. The Hall–Kier alpha value is -1.65. The van der Waals surface area contributed by atoms with Crippen molar-refractivity contribution in [1.29, 1.82) is 0 Å². The number of carbonyl (C=O) groups is 1. The summed E-state index contributed by atoms with van der Waals surface area (Å²) in [6, 6.07) is 0. The van der Waals surface area contributed by atoms with Crippen LogP contribution in [0.3, 0.4) is 0 Å². The Kier molecular flexibility index (Phi) is 4.87. The van der Waals surface area contributed by atoms with Crippen molar-refractivity contribution in [3.8, 4) is 0 Å². The molecule has 0 aliphatic rings. The lowest BCUT2D eigenvalue weighted by atomic mass is 10.3. The van der Waals surface area contributed by atoms with Gasteiger partial charge in [0.2, 0.25) is 5.95 Å². The number of likely N-dealkylation sites (N-methyl/N-ethyl adjacent to an activating group) is 1. The topological polar surface area (TPSA) is 55.3 Å². The van der Waals surface area contributed by atoms with E-state index < -0.39 is 0 Å². The van der Waals surface area contributed by atoms with Crippen molar-refractivity contribution in [2.75, 3.05) is 24.6 Å². The molecule has 0 aliphatic heterocycles. The Morgan fingerprint density at radius 1 is 1.41 bits per heavy atom. The van der Waals surface area contributed by atoms with Crippen molar-refractivity contribution in [3.05, 3.63) is 17.5 Å². The number of nitrogens with zero attached hydrogens (tertiary/aromatic N) is 3. The minimum atomic E-state index is -0.254. The smallest absolute Gasteiger partial charge is 0.325 e.